The van der Waals surface area contributed by atoms with Crippen LogP contribution in [0, 0.1) is 0 Å². The van der Waals surface area contributed by atoms with Gasteiger partial charge in [0.2, 0.25) is 15.9 Å². The molecule has 34 heavy (non-hydrogen) atoms. The summed E-state index contributed by atoms with van der Waals surface area (Å²) in [5.74, 6) is 1.28. The minimum absolute atomic E-state index is 0.0785. The second-order valence-electron chi connectivity index (χ2n) is 8.02. The van der Waals surface area contributed by atoms with Crippen molar-refractivity contribution in [3.05, 3.63) is 77.3 Å². The molecule has 9 heteroatoms. The molecule has 1 aliphatic heterocycles. The SMILES string of the molecule is CCc1ccc(S(=O)(=O)N2CCC(N(Sc3ccccc3Cl)c3cccc(OC)n3)CC2)cc1. The highest BCUT2D eigenvalue weighted by atomic mass is 35.5. The van der Waals surface area contributed by atoms with Gasteiger partial charge < -0.3 is 4.74 Å². The van der Waals surface area contributed by atoms with Crippen molar-refractivity contribution in [3.63, 3.8) is 0 Å². The largest absolute Gasteiger partial charge is 0.481 e. The van der Waals surface area contributed by atoms with Gasteiger partial charge in [0.05, 0.1) is 17.0 Å². The molecule has 1 aromatic heterocycles. The van der Waals surface area contributed by atoms with Gasteiger partial charge in [0.1, 0.15) is 5.82 Å². The van der Waals surface area contributed by atoms with Crippen LogP contribution in [0.3, 0.4) is 0 Å². The van der Waals surface area contributed by atoms with Crippen LogP contribution < -0.4 is 9.04 Å². The number of aromatic nitrogens is 1. The summed E-state index contributed by atoms with van der Waals surface area (Å²) in [5, 5.41) is 0.663. The average molecular weight is 518 g/mol. The molecule has 0 N–H and O–H groups in total. The van der Waals surface area contributed by atoms with Crippen LogP contribution in [0.15, 0.2) is 76.5 Å². The van der Waals surface area contributed by atoms with E-state index in [-0.39, 0.29) is 6.04 Å². The van der Waals surface area contributed by atoms with E-state index >= 15 is 0 Å². The van der Waals surface area contributed by atoms with E-state index < -0.39 is 10.0 Å². The smallest absolute Gasteiger partial charge is 0.243 e. The zero-order valence-corrected chi connectivity index (χ0v) is 21.6. The Morgan fingerprint density at radius 3 is 2.41 bits per heavy atom. The summed E-state index contributed by atoms with van der Waals surface area (Å²) in [6.45, 7) is 2.93. The number of ether oxygens (including phenoxy) is 1. The van der Waals surface area contributed by atoms with Crippen LogP contribution in [0.5, 0.6) is 5.88 Å². The molecule has 0 saturated carbocycles. The molecular weight excluding hydrogens is 490 g/mol. The number of rotatable bonds is 8. The number of hydrogen-bond acceptors (Lipinski definition) is 6. The third kappa shape index (κ3) is 5.51. The summed E-state index contributed by atoms with van der Waals surface area (Å²) in [5.41, 5.74) is 1.12. The maximum atomic E-state index is 13.2. The summed E-state index contributed by atoms with van der Waals surface area (Å²) in [7, 11) is -1.93. The fourth-order valence-electron chi connectivity index (χ4n) is 3.94. The molecule has 0 amide bonds. The van der Waals surface area contributed by atoms with Gasteiger partial charge in [0.15, 0.2) is 0 Å². The number of methoxy groups -OCH3 is 1. The molecule has 6 nitrogen and oxygen atoms in total. The zero-order valence-electron chi connectivity index (χ0n) is 19.2. The van der Waals surface area contributed by atoms with Crippen molar-refractivity contribution in [2.24, 2.45) is 0 Å². The van der Waals surface area contributed by atoms with E-state index in [0.29, 0.717) is 41.7 Å². The Hall–Kier alpha value is -2.26. The van der Waals surface area contributed by atoms with Gasteiger partial charge >= 0.3 is 0 Å². The Morgan fingerprint density at radius 2 is 1.76 bits per heavy atom. The highest BCUT2D eigenvalue weighted by Gasteiger charge is 2.33. The first-order chi connectivity index (χ1) is 16.4. The molecule has 0 spiro atoms. The number of benzene rings is 2. The molecule has 0 unspecified atom stereocenters. The van der Waals surface area contributed by atoms with E-state index in [1.165, 1.54) is 11.9 Å². The molecule has 0 radical (unpaired) electrons. The topological polar surface area (TPSA) is 62.7 Å². The van der Waals surface area contributed by atoms with Crippen LogP contribution in [-0.2, 0) is 16.4 Å². The Morgan fingerprint density at radius 1 is 1.06 bits per heavy atom. The van der Waals surface area contributed by atoms with Gasteiger partial charge in [-0.15, -0.1) is 0 Å². The summed E-state index contributed by atoms with van der Waals surface area (Å²) in [4.78, 5) is 5.90. The first kappa shape index (κ1) is 24.9. The number of anilines is 1. The molecule has 0 atom stereocenters. The van der Waals surface area contributed by atoms with Crippen molar-refractivity contribution in [3.8, 4) is 5.88 Å². The van der Waals surface area contributed by atoms with Crippen molar-refractivity contribution in [2.75, 3.05) is 24.5 Å². The predicted molar refractivity (Wildman–Crippen MR) is 138 cm³/mol. The van der Waals surface area contributed by atoms with Gasteiger partial charge in [-0.3, -0.25) is 4.31 Å². The monoisotopic (exact) mass is 517 g/mol. The molecule has 1 aliphatic rings. The lowest BCUT2D eigenvalue weighted by Gasteiger charge is -2.37. The fraction of sp³-hybridized carbons (Fsp3) is 0.320. The molecule has 180 valence electrons. The number of hydrogen-bond donors (Lipinski definition) is 0. The van der Waals surface area contributed by atoms with E-state index in [1.54, 1.807) is 29.6 Å². The second-order valence-corrected chi connectivity index (χ2v) is 11.4. The third-order valence-corrected chi connectivity index (χ3v) is 9.49. The minimum Gasteiger partial charge on any atom is -0.481 e. The van der Waals surface area contributed by atoms with Crippen molar-refractivity contribution in [1.29, 1.82) is 0 Å². The van der Waals surface area contributed by atoms with E-state index in [1.807, 2.05) is 48.5 Å². The normalized spacial score (nSPS) is 15.3. The molecule has 3 aromatic rings. The minimum atomic E-state index is -3.53. The number of aryl methyl sites for hydroxylation is 1. The highest BCUT2D eigenvalue weighted by molar-refractivity contribution is 8.00. The van der Waals surface area contributed by atoms with Crippen LogP contribution in [-0.4, -0.2) is 43.9 Å². The Kier molecular flexibility index (Phi) is 8.03. The van der Waals surface area contributed by atoms with Gasteiger partial charge in [0.25, 0.3) is 0 Å². The number of halogens is 1. The lowest BCUT2D eigenvalue weighted by atomic mass is 10.1. The van der Waals surface area contributed by atoms with E-state index in [0.717, 1.165) is 22.7 Å². The zero-order chi connectivity index (χ0) is 24.1. The van der Waals surface area contributed by atoms with Crippen LogP contribution in [0.2, 0.25) is 5.02 Å². The van der Waals surface area contributed by atoms with Crippen molar-refractivity contribution >= 4 is 39.4 Å². The maximum absolute atomic E-state index is 13.2. The van der Waals surface area contributed by atoms with Crippen molar-refractivity contribution in [2.45, 2.75) is 42.0 Å². The quantitative estimate of drug-likeness (QED) is 0.358. The predicted octanol–water partition coefficient (Wildman–Crippen LogP) is 5.67. The lowest BCUT2D eigenvalue weighted by molar-refractivity contribution is 0.322. The van der Waals surface area contributed by atoms with E-state index in [2.05, 4.69) is 16.2 Å². The molecule has 2 aromatic carbocycles. The van der Waals surface area contributed by atoms with E-state index in [9.17, 15) is 8.42 Å². The van der Waals surface area contributed by atoms with Gasteiger partial charge in [-0.1, -0.05) is 48.9 Å². The Balaban J connectivity index is 1.54. The number of sulfonamides is 1. The summed E-state index contributed by atoms with van der Waals surface area (Å²) < 4.78 is 35.5. The van der Waals surface area contributed by atoms with Gasteiger partial charge in [-0.25, -0.2) is 8.42 Å². The van der Waals surface area contributed by atoms with Crippen LogP contribution in [0.1, 0.15) is 25.3 Å². The Labute approximate surface area is 211 Å². The van der Waals surface area contributed by atoms with Crippen LogP contribution in [0.4, 0.5) is 5.82 Å². The Bertz CT molecular complexity index is 1210. The summed E-state index contributed by atoms with van der Waals surface area (Å²) in [6, 6.07) is 20.6. The van der Waals surface area contributed by atoms with Crippen LogP contribution in [0.25, 0.3) is 0 Å². The molecule has 0 bridgehead atoms. The maximum Gasteiger partial charge on any atom is 0.243 e. The standard InChI is InChI=1S/C25H28ClN3O3S2/c1-3-19-11-13-21(14-12-19)34(30,31)28-17-15-20(16-18-28)29(24-9-6-10-25(27-24)32-2)33-23-8-5-4-7-22(23)26/h4-14,20H,3,15-18H2,1-2H3. The molecular formula is C25H28ClN3O3S2. The molecule has 2 heterocycles. The first-order valence-electron chi connectivity index (χ1n) is 11.2. The lowest BCUT2D eigenvalue weighted by Crippen LogP contribution is -2.45. The molecule has 0 aliphatic carbocycles. The number of pyridine rings is 1. The number of nitrogens with zero attached hydrogens (tertiary/aromatic N) is 3. The van der Waals surface area contributed by atoms with Crippen LogP contribution >= 0.6 is 23.5 Å². The van der Waals surface area contributed by atoms with E-state index in [4.69, 9.17) is 16.3 Å². The summed E-state index contributed by atoms with van der Waals surface area (Å²) >= 11 is 7.96. The molecule has 1 fully saturated rings. The third-order valence-electron chi connectivity index (χ3n) is 5.90. The first-order valence-corrected chi connectivity index (χ1v) is 13.8. The fourth-order valence-corrected chi connectivity index (χ4v) is 6.71. The summed E-state index contributed by atoms with van der Waals surface area (Å²) in [6.07, 6.45) is 2.22. The van der Waals surface area contributed by atoms with Crippen molar-refractivity contribution < 1.29 is 13.2 Å². The van der Waals surface area contributed by atoms with Gasteiger partial charge in [-0.2, -0.15) is 9.29 Å². The van der Waals surface area contributed by atoms with Crippen molar-refractivity contribution in [1.82, 2.24) is 9.29 Å². The second kappa shape index (κ2) is 11.0. The molecule has 1 saturated heterocycles. The van der Waals surface area contributed by atoms with Gasteiger partial charge in [-0.05, 0) is 67.1 Å². The highest BCUT2D eigenvalue weighted by Crippen LogP contribution is 2.37. The number of piperidine rings is 1. The average Bonchev–Trinajstić information content (AvgIpc) is 2.88. The van der Waals surface area contributed by atoms with Gasteiger partial charge in [0, 0.05) is 30.1 Å². The molecule has 4 rings (SSSR count).